The topological polar surface area (TPSA) is 227 Å². The molecule has 0 bridgehead atoms. The molecule has 0 amide bonds. The molecule has 0 atom stereocenters. The van der Waals surface area contributed by atoms with E-state index in [1.54, 1.807) is 18.2 Å². The van der Waals surface area contributed by atoms with Crippen LogP contribution in [0.1, 0.15) is 151 Å². The van der Waals surface area contributed by atoms with E-state index in [9.17, 15) is 19.6 Å². The zero-order chi connectivity index (χ0) is 71.9. The Morgan fingerprint density at radius 3 is 1.75 bits per heavy atom. The van der Waals surface area contributed by atoms with Crippen LogP contribution in [0.2, 0.25) is 0 Å². The maximum atomic E-state index is 12.7. The van der Waals surface area contributed by atoms with Gasteiger partial charge >= 0.3 is 17.9 Å². The zero-order valence-electron chi connectivity index (χ0n) is 58.9. The van der Waals surface area contributed by atoms with Crippen LogP contribution in [-0.2, 0) is 44.0 Å². The molecule has 2 heterocycles. The van der Waals surface area contributed by atoms with Crippen LogP contribution >= 0.6 is 76.7 Å². The van der Waals surface area contributed by atoms with Gasteiger partial charge in [-0.1, -0.05) is 136 Å². The number of hydroxylamine groups is 3. The fourth-order valence-electron chi connectivity index (χ4n) is 9.85. The number of nitrogens with one attached hydrogen (secondary N) is 1. The number of hydrogen-bond donors (Lipinski definition) is 5. The number of carbonyl (C=O) groups is 3. The monoisotopic (exact) mass is 1500 g/mol. The van der Waals surface area contributed by atoms with Crippen LogP contribution in [0.5, 0.6) is 0 Å². The normalized spacial score (nSPS) is 14.2. The summed E-state index contributed by atoms with van der Waals surface area (Å²) in [7, 11) is 0. The number of aromatic carboxylic acids is 1. The van der Waals surface area contributed by atoms with Gasteiger partial charge in [0.05, 0.1) is 52.9 Å². The van der Waals surface area contributed by atoms with E-state index in [2.05, 4.69) is 142 Å². The molecule has 536 valence electrons. The number of carboxylic acid groups (broad SMARTS) is 2. The van der Waals surface area contributed by atoms with Gasteiger partial charge in [-0.15, -0.1) is 34.0 Å². The average Bonchev–Trinajstić information content (AvgIpc) is 1.60. The van der Waals surface area contributed by atoms with Gasteiger partial charge in [0.15, 0.2) is 5.71 Å². The number of benzene rings is 5. The minimum Gasteiger partial charge on any atom is -0.691 e. The number of para-hydroxylation sites is 2. The first kappa shape index (κ1) is 89.6. The van der Waals surface area contributed by atoms with Crippen molar-refractivity contribution in [1.29, 1.82) is 0 Å². The van der Waals surface area contributed by atoms with Crippen molar-refractivity contribution in [2.45, 2.75) is 155 Å². The van der Waals surface area contributed by atoms with Gasteiger partial charge in [-0.25, -0.2) is 14.8 Å². The molecule has 0 aromatic heterocycles. The molecule has 25 heteroatoms. The molecule has 3 aliphatic rings. The van der Waals surface area contributed by atoms with Crippen LogP contribution in [-0.4, -0.2) is 141 Å². The number of quaternary nitrogens is 1. The second-order valence-corrected chi connectivity index (χ2v) is 26.0. The molecule has 97 heavy (non-hydrogen) atoms. The molecule has 19 nitrogen and oxygen atoms in total. The fraction of sp³-hybridized carbons (Fsp3) is 0.444. The lowest BCUT2D eigenvalue weighted by Crippen LogP contribution is -2.50. The Morgan fingerprint density at radius 2 is 1.28 bits per heavy atom. The van der Waals surface area contributed by atoms with Gasteiger partial charge in [-0.2, -0.15) is 8.91 Å². The van der Waals surface area contributed by atoms with Crippen LogP contribution in [0, 0.1) is 0 Å². The van der Waals surface area contributed by atoms with Gasteiger partial charge in [0.1, 0.15) is 19.6 Å². The summed E-state index contributed by atoms with van der Waals surface area (Å²) in [6.07, 6.45) is 7.16. The molecule has 0 unspecified atom stereocenters. The molecule has 0 fully saturated rings. The molecular weight excluding hydrogens is 1400 g/mol. The van der Waals surface area contributed by atoms with Crippen molar-refractivity contribution in [2.24, 2.45) is 9.98 Å². The van der Waals surface area contributed by atoms with Gasteiger partial charge in [0, 0.05) is 72.8 Å². The summed E-state index contributed by atoms with van der Waals surface area (Å²) in [5.41, 5.74) is 10.5. The number of carboxylic acids is 2. The Kier molecular flexibility index (Phi) is 44.6. The van der Waals surface area contributed by atoms with E-state index in [-0.39, 0.29) is 47.7 Å². The van der Waals surface area contributed by atoms with Crippen molar-refractivity contribution in [2.75, 3.05) is 76.1 Å². The molecule has 4 N–H and O–H groups in total. The molecule has 5 aromatic carbocycles. The number of allylic oxidation sites excluding steroid dienone is 3. The van der Waals surface area contributed by atoms with Crippen molar-refractivity contribution in [3.8, 4) is 0 Å². The van der Waals surface area contributed by atoms with E-state index in [4.69, 9.17) is 31.9 Å². The first-order valence-electron chi connectivity index (χ1n) is 32.4. The van der Waals surface area contributed by atoms with Crippen LogP contribution in [0.3, 0.4) is 0 Å². The number of hydrogen-bond acceptors (Lipinski definition) is 18. The molecule has 2 aliphatic heterocycles. The van der Waals surface area contributed by atoms with Crippen molar-refractivity contribution in [1.82, 2.24) is 9.80 Å². The highest BCUT2D eigenvalue weighted by atomic mass is 79.9. The van der Waals surface area contributed by atoms with Gasteiger partial charge in [-0.05, 0) is 184 Å². The molecule has 0 radical (unpaired) electrons. The maximum absolute atomic E-state index is 12.7. The van der Waals surface area contributed by atoms with Gasteiger partial charge in [0.2, 0.25) is 5.69 Å². The standard InChI is InChI=1S/C20H19ClN2.C19H29N2O5S.C11H13NO3S.C7H6O2S.2C6H15N.C3H5BrO2.ClH/c21-20-16(14-22-18-10-3-1-4-11-18)8-7-9-17(20)15-23-19-12-5-2-6-13-19;1-7-21(8-2,9-3)24-18(22)13-20-14(4)19(5,6)16-12-15(27-26-25-23)10-11-17(16)20;1-7-11(2,3)9-6-8(16-15-14-13)4-5-10(9)12-7;8-7(9)5-3-1-2-4-6(5)10;2*1-4-7(5-2)6-3;4-2-1-3(5)6;/h1-6,10-15,22H,7-9H2;10-12H,7-9,13H2,1-6H3;4-6,13H,1-3H3;1-4,10H,(H,8,9);2*4-6H2,1-3H3;1-2H2,(H,5,6);1H/q;+1;;;;;;/b16-14+,23-15?;;;;;;;. The number of nitrogens with zero attached hydrogens (tertiary/aromatic N) is 6. The van der Waals surface area contributed by atoms with E-state index >= 15 is 0 Å². The Bertz CT molecular complexity index is 3280. The quantitative estimate of drug-likeness (QED) is 0.00535. The van der Waals surface area contributed by atoms with Gasteiger partial charge in [-0.3, -0.25) is 24.7 Å². The Labute approximate surface area is 610 Å². The van der Waals surface area contributed by atoms with Crippen molar-refractivity contribution >= 4 is 135 Å². The third-order valence-electron chi connectivity index (χ3n) is 16.6. The number of aliphatic carboxylic acids is 1. The molecule has 0 saturated heterocycles. The fourth-order valence-corrected chi connectivity index (χ4v) is 11.5. The summed E-state index contributed by atoms with van der Waals surface area (Å²) in [6, 6.07) is 38.1. The highest BCUT2D eigenvalue weighted by molar-refractivity contribution is 9.09. The minimum atomic E-state index is -0.939. The highest BCUT2D eigenvalue weighted by Crippen LogP contribution is 2.43. The zero-order valence-corrected chi connectivity index (χ0v) is 64.6. The molecule has 0 saturated carbocycles. The predicted octanol–water partition coefficient (Wildman–Crippen LogP) is 17.9. The number of fused-ring (bicyclic) bond motifs is 2. The predicted molar refractivity (Wildman–Crippen MR) is 404 cm³/mol. The largest absolute Gasteiger partial charge is 0.691 e. The summed E-state index contributed by atoms with van der Waals surface area (Å²) in [5.74, 6) is -1.94. The lowest BCUT2D eigenvalue weighted by molar-refractivity contribution is -1.09. The van der Waals surface area contributed by atoms with Crippen LogP contribution in [0.4, 0.5) is 22.7 Å². The van der Waals surface area contributed by atoms with Gasteiger partial charge in [0.25, 0.3) is 6.54 Å². The Balaban J connectivity index is 0.000000607. The summed E-state index contributed by atoms with van der Waals surface area (Å²) < 4.78 is 11.2. The van der Waals surface area contributed by atoms with Crippen molar-refractivity contribution in [3.05, 3.63) is 160 Å². The van der Waals surface area contributed by atoms with Crippen molar-refractivity contribution < 1.29 is 67.9 Å². The Morgan fingerprint density at radius 1 is 0.753 bits per heavy atom. The number of alkyl halides is 1. The van der Waals surface area contributed by atoms with E-state index < -0.39 is 11.9 Å². The number of halogens is 3. The van der Waals surface area contributed by atoms with Crippen LogP contribution in [0.25, 0.3) is 0 Å². The van der Waals surface area contributed by atoms with E-state index in [1.165, 1.54) is 45.3 Å². The third-order valence-corrected chi connectivity index (χ3v) is 19.0. The van der Waals surface area contributed by atoms with Gasteiger partial charge < -0.3 is 30.6 Å². The summed E-state index contributed by atoms with van der Waals surface area (Å²) >= 11 is 15.3. The molecule has 1 aliphatic carbocycles. The summed E-state index contributed by atoms with van der Waals surface area (Å²) in [4.78, 5) is 54.4. The molecule has 8 rings (SSSR count). The SMILES string of the molecule is CC1=Nc2ccc(SOOO)cc2C1(C)C.CCN(CC)CC.CCN(CC)CC.CC[N+](CC)(CC)OC(=O)C[N+]1=C(C)C(C)(C)c2cc(SOO[O-])ccc21.Cl.ClC1=C(C=Nc2ccccc2)CCC/C1=C\Nc1ccccc1.O=C(O)CCBr.O=C(O)c1ccccc1S. The van der Waals surface area contributed by atoms with Crippen LogP contribution in [0.15, 0.2) is 168 Å². The summed E-state index contributed by atoms with van der Waals surface area (Å²) in [6.45, 7) is 41.3. The van der Waals surface area contributed by atoms with Crippen LogP contribution < -0.4 is 10.6 Å². The molecular formula is C72H103BrCl2N7O12S3+. The number of rotatable bonds is 25. The first-order valence-corrected chi connectivity index (χ1v) is 35.8. The number of thiol groups is 1. The average molecular weight is 1510 g/mol. The first-order chi connectivity index (χ1) is 45.8. The van der Waals surface area contributed by atoms with E-state index in [0.29, 0.717) is 14.9 Å². The number of anilines is 1. The number of aliphatic imine (C=N–C) groups is 2. The summed E-state index contributed by atoms with van der Waals surface area (Å²) in [5, 5.41) is 46.2. The number of carbonyl (C=O) groups excluding carboxylic acids is 1. The van der Waals surface area contributed by atoms with Crippen molar-refractivity contribution in [3.63, 3.8) is 0 Å². The van der Waals surface area contributed by atoms with E-state index in [0.717, 1.165) is 134 Å². The third kappa shape index (κ3) is 30.5. The Hall–Kier alpha value is -5.45. The molecule has 5 aromatic rings. The lowest BCUT2D eigenvalue weighted by Gasteiger charge is -2.30. The smallest absolute Gasteiger partial charge is 0.430 e. The second kappa shape index (κ2) is 48.3. The minimum absolute atomic E-state index is 0. The van der Waals surface area contributed by atoms with E-state index in [1.807, 2.05) is 149 Å². The molecule has 0 spiro atoms. The second-order valence-electron chi connectivity index (χ2n) is 22.8. The maximum Gasteiger partial charge on any atom is 0.430 e. The highest BCUT2D eigenvalue weighted by Gasteiger charge is 2.45. The lowest BCUT2D eigenvalue weighted by atomic mass is 9.82.